The predicted octanol–water partition coefficient (Wildman–Crippen LogP) is 2.18. The first-order valence-electron chi connectivity index (χ1n) is 4.62. The highest BCUT2D eigenvalue weighted by atomic mass is 79.9. The van der Waals surface area contributed by atoms with Crippen LogP contribution in [-0.4, -0.2) is 29.2 Å². The lowest BCUT2D eigenvalue weighted by atomic mass is 10.1. The summed E-state index contributed by atoms with van der Waals surface area (Å²) >= 11 is 3.26. The zero-order valence-electron chi connectivity index (χ0n) is 7.66. The molecule has 0 bridgehead atoms. The summed E-state index contributed by atoms with van der Waals surface area (Å²) in [4.78, 5) is 10.2. The van der Waals surface area contributed by atoms with Crippen LogP contribution in [0.1, 0.15) is 12.8 Å². The molecule has 1 aromatic rings. The topological polar surface area (TPSA) is 29.0 Å². The summed E-state index contributed by atoms with van der Waals surface area (Å²) in [5, 5.41) is 0. The monoisotopic (exact) mass is 259 g/mol. The lowest BCUT2D eigenvalue weighted by molar-refractivity contribution is 0.285. The highest BCUT2D eigenvalue weighted by molar-refractivity contribution is 9.10. The Morgan fingerprint density at radius 3 is 2.79 bits per heavy atom. The van der Waals surface area contributed by atoms with Gasteiger partial charge in [-0.05, 0) is 28.8 Å². The van der Waals surface area contributed by atoms with Gasteiger partial charge in [0.25, 0.3) is 0 Å². The number of piperidine rings is 1. The Bertz CT molecular complexity index is 303. The highest BCUT2D eigenvalue weighted by Crippen LogP contribution is 2.18. The van der Waals surface area contributed by atoms with E-state index in [1.165, 1.54) is 0 Å². The molecule has 5 heteroatoms. The molecule has 1 fully saturated rings. The first-order valence-corrected chi connectivity index (χ1v) is 5.41. The van der Waals surface area contributed by atoms with Crippen LogP contribution in [0.3, 0.4) is 0 Å². The number of hydrogen-bond donors (Lipinski definition) is 0. The molecule has 14 heavy (non-hydrogen) atoms. The molecule has 2 heterocycles. The summed E-state index contributed by atoms with van der Waals surface area (Å²) < 4.78 is 13.9. The number of aromatic nitrogens is 2. The molecular formula is C9H11BrFN3. The fourth-order valence-corrected chi connectivity index (χ4v) is 1.78. The van der Waals surface area contributed by atoms with E-state index in [2.05, 4.69) is 25.9 Å². The van der Waals surface area contributed by atoms with Crippen LogP contribution in [0.5, 0.6) is 0 Å². The summed E-state index contributed by atoms with van der Waals surface area (Å²) in [6, 6.07) is 0. The third-order valence-electron chi connectivity index (χ3n) is 2.25. The van der Waals surface area contributed by atoms with Gasteiger partial charge in [0.2, 0.25) is 5.95 Å². The van der Waals surface area contributed by atoms with Gasteiger partial charge in [-0.3, -0.25) is 0 Å². The number of nitrogens with zero attached hydrogens (tertiary/aromatic N) is 3. The summed E-state index contributed by atoms with van der Waals surface area (Å²) in [5.41, 5.74) is 0. The van der Waals surface area contributed by atoms with Crippen molar-refractivity contribution in [1.29, 1.82) is 0 Å². The van der Waals surface area contributed by atoms with Crippen molar-refractivity contribution in [2.45, 2.75) is 19.0 Å². The molecule has 0 aliphatic carbocycles. The molecule has 3 nitrogen and oxygen atoms in total. The predicted molar refractivity (Wildman–Crippen MR) is 56.1 cm³/mol. The minimum Gasteiger partial charge on any atom is -0.338 e. The number of anilines is 1. The first-order chi connectivity index (χ1) is 6.75. The minimum atomic E-state index is -0.740. The van der Waals surface area contributed by atoms with Gasteiger partial charge in [0.1, 0.15) is 6.17 Å². The fraction of sp³-hybridized carbons (Fsp3) is 0.556. The molecule has 0 amide bonds. The fourth-order valence-electron chi connectivity index (χ4n) is 1.58. The Balaban J connectivity index is 2.10. The molecule has 76 valence electrons. The molecular weight excluding hydrogens is 249 g/mol. The van der Waals surface area contributed by atoms with E-state index in [1.54, 1.807) is 12.4 Å². The Kier molecular flexibility index (Phi) is 2.96. The Hall–Kier alpha value is -0.710. The molecule has 1 aromatic heterocycles. The maximum Gasteiger partial charge on any atom is 0.225 e. The first kappa shape index (κ1) is 9.83. The SMILES string of the molecule is FC1CCCN(c2ncc(Br)cn2)C1. The van der Waals surface area contributed by atoms with Crippen molar-refractivity contribution < 1.29 is 4.39 Å². The van der Waals surface area contributed by atoms with Gasteiger partial charge in [0.15, 0.2) is 0 Å². The lowest BCUT2D eigenvalue weighted by Gasteiger charge is -2.28. The molecule has 0 N–H and O–H groups in total. The van der Waals surface area contributed by atoms with E-state index in [-0.39, 0.29) is 0 Å². The second-order valence-electron chi connectivity index (χ2n) is 3.39. The van der Waals surface area contributed by atoms with Crippen LogP contribution in [-0.2, 0) is 0 Å². The van der Waals surface area contributed by atoms with Crippen molar-refractivity contribution in [1.82, 2.24) is 9.97 Å². The average molecular weight is 260 g/mol. The zero-order chi connectivity index (χ0) is 9.97. The van der Waals surface area contributed by atoms with Gasteiger partial charge in [-0.2, -0.15) is 0 Å². The van der Waals surface area contributed by atoms with Crippen molar-refractivity contribution in [2.75, 3.05) is 18.0 Å². The highest BCUT2D eigenvalue weighted by Gasteiger charge is 2.20. The van der Waals surface area contributed by atoms with Gasteiger partial charge in [-0.1, -0.05) is 0 Å². The van der Waals surface area contributed by atoms with Gasteiger partial charge in [-0.15, -0.1) is 0 Å². The van der Waals surface area contributed by atoms with Crippen molar-refractivity contribution in [3.8, 4) is 0 Å². The summed E-state index contributed by atoms with van der Waals surface area (Å²) in [5.74, 6) is 0.621. The van der Waals surface area contributed by atoms with Crippen molar-refractivity contribution in [3.05, 3.63) is 16.9 Å². The average Bonchev–Trinajstić information content (AvgIpc) is 2.19. The maximum atomic E-state index is 13.1. The van der Waals surface area contributed by atoms with Crippen molar-refractivity contribution in [3.63, 3.8) is 0 Å². The molecule has 2 rings (SSSR count). The van der Waals surface area contributed by atoms with E-state index in [0.717, 1.165) is 17.4 Å². The van der Waals surface area contributed by atoms with Gasteiger partial charge in [-0.25, -0.2) is 14.4 Å². The van der Waals surface area contributed by atoms with Gasteiger partial charge in [0, 0.05) is 18.9 Å². The van der Waals surface area contributed by atoms with Crippen LogP contribution >= 0.6 is 15.9 Å². The number of alkyl halides is 1. The van der Waals surface area contributed by atoms with E-state index in [1.807, 2.05) is 4.90 Å². The molecule has 0 aromatic carbocycles. The minimum absolute atomic E-state index is 0.418. The number of hydrogen-bond acceptors (Lipinski definition) is 3. The van der Waals surface area contributed by atoms with E-state index in [9.17, 15) is 4.39 Å². The van der Waals surface area contributed by atoms with E-state index < -0.39 is 6.17 Å². The second kappa shape index (κ2) is 4.21. The molecule has 0 spiro atoms. The van der Waals surface area contributed by atoms with Crippen LogP contribution in [0, 0.1) is 0 Å². The van der Waals surface area contributed by atoms with Gasteiger partial charge in [0.05, 0.1) is 11.0 Å². The third-order valence-corrected chi connectivity index (χ3v) is 2.66. The molecule has 1 saturated heterocycles. The van der Waals surface area contributed by atoms with Crippen LogP contribution in [0.15, 0.2) is 16.9 Å². The van der Waals surface area contributed by atoms with Crippen LogP contribution in [0.4, 0.5) is 10.3 Å². The molecule has 1 aliphatic rings. The smallest absolute Gasteiger partial charge is 0.225 e. The lowest BCUT2D eigenvalue weighted by Crippen LogP contribution is -2.37. The maximum absolute atomic E-state index is 13.1. The van der Waals surface area contributed by atoms with Crippen LogP contribution < -0.4 is 4.90 Å². The van der Waals surface area contributed by atoms with E-state index >= 15 is 0 Å². The van der Waals surface area contributed by atoms with E-state index in [0.29, 0.717) is 18.9 Å². The van der Waals surface area contributed by atoms with Gasteiger partial charge >= 0.3 is 0 Å². The summed E-state index contributed by atoms with van der Waals surface area (Å²) in [6.45, 7) is 1.27. The zero-order valence-corrected chi connectivity index (χ0v) is 9.24. The summed E-state index contributed by atoms with van der Waals surface area (Å²) in [6.07, 6.45) is 4.16. The standard InChI is InChI=1S/C9H11BrFN3/c10-7-4-12-9(13-5-7)14-3-1-2-8(11)6-14/h4-5,8H,1-3,6H2. The quantitative estimate of drug-likeness (QED) is 0.774. The molecule has 0 radical (unpaired) electrons. The van der Waals surface area contributed by atoms with Crippen molar-refractivity contribution in [2.24, 2.45) is 0 Å². The molecule has 0 saturated carbocycles. The van der Waals surface area contributed by atoms with Crippen molar-refractivity contribution >= 4 is 21.9 Å². The Morgan fingerprint density at radius 1 is 1.43 bits per heavy atom. The second-order valence-corrected chi connectivity index (χ2v) is 4.30. The van der Waals surface area contributed by atoms with E-state index in [4.69, 9.17) is 0 Å². The normalized spacial score (nSPS) is 22.4. The number of rotatable bonds is 1. The largest absolute Gasteiger partial charge is 0.338 e. The molecule has 1 unspecified atom stereocenters. The van der Waals surface area contributed by atoms with Crippen LogP contribution in [0.25, 0.3) is 0 Å². The third kappa shape index (κ3) is 2.20. The Morgan fingerprint density at radius 2 is 2.14 bits per heavy atom. The molecule has 1 aliphatic heterocycles. The summed E-state index contributed by atoms with van der Waals surface area (Å²) in [7, 11) is 0. The number of halogens is 2. The molecule has 1 atom stereocenters. The van der Waals surface area contributed by atoms with Gasteiger partial charge < -0.3 is 4.90 Å². The Labute approximate surface area is 90.5 Å². The van der Waals surface area contributed by atoms with Crippen LogP contribution in [0.2, 0.25) is 0 Å².